The van der Waals surface area contributed by atoms with Crippen molar-refractivity contribution in [1.82, 2.24) is 5.32 Å². The average molecular weight is 266 g/mol. The van der Waals surface area contributed by atoms with Crippen LogP contribution in [0.15, 0.2) is 24.3 Å². The molecule has 4 heteroatoms. The van der Waals surface area contributed by atoms with Crippen LogP contribution in [0.3, 0.4) is 0 Å². The third-order valence-electron chi connectivity index (χ3n) is 2.94. The lowest BCUT2D eigenvalue weighted by Crippen LogP contribution is -2.31. The van der Waals surface area contributed by atoms with E-state index in [9.17, 15) is 0 Å². The van der Waals surface area contributed by atoms with Gasteiger partial charge in [0, 0.05) is 19.3 Å². The number of methoxy groups -OCH3 is 1. The number of anilines is 1. The van der Waals surface area contributed by atoms with Gasteiger partial charge in [0.05, 0.1) is 6.61 Å². The molecule has 0 aliphatic carbocycles. The molecule has 18 heavy (non-hydrogen) atoms. The molecule has 0 saturated carbocycles. The number of benzene rings is 1. The van der Waals surface area contributed by atoms with Crippen LogP contribution >= 0.6 is 12.2 Å². The Morgan fingerprint density at radius 1 is 1.33 bits per heavy atom. The lowest BCUT2D eigenvalue weighted by atomic mass is 9.99. The van der Waals surface area contributed by atoms with Crippen LogP contribution in [0, 0.1) is 0 Å². The summed E-state index contributed by atoms with van der Waals surface area (Å²) in [6, 6.07) is 8.42. The number of rotatable bonds is 6. The number of hydrogen-bond acceptors (Lipinski definition) is 2. The van der Waals surface area contributed by atoms with Crippen molar-refractivity contribution in [3.8, 4) is 0 Å². The molecule has 1 aromatic carbocycles. The number of hydrogen-bond donors (Lipinski definition) is 2. The van der Waals surface area contributed by atoms with Crippen molar-refractivity contribution in [2.75, 3.05) is 25.6 Å². The summed E-state index contributed by atoms with van der Waals surface area (Å²) in [5.41, 5.74) is 2.37. The van der Waals surface area contributed by atoms with E-state index in [-0.39, 0.29) is 0 Å². The monoisotopic (exact) mass is 266 g/mol. The van der Waals surface area contributed by atoms with E-state index in [1.165, 1.54) is 5.56 Å². The highest BCUT2D eigenvalue weighted by atomic mass is 32.1. The zero-order valence-corrected chi connectivity index (χ0v) is 12.1. The van der Waals surface area contributed by atoms with Gasteiger partial charge in [0.25, 0.3) is 0 Å². The number of nitrogens with one attached hydrogen (secondary N) is 2. The summed E-state index contributed by atoms with van der Waals surface area (Å²) >= 11 is 5.18. The van der Waals surface area contributed by atoms with Crippen LogP contribution in [0.5, 0.6) is 0 Å². The predicted octanol–water partition coefficient (Wildman–Crippen LogP) is 3.13. The van der Waals surface area contributed by atoms with Crippen LogP contribution in [0.4, 0.5) is 5.69 Å². The maximum Gasteiger partial charge on any atom is 0.170 e. The van der Waals surface area contributed by atoms with Gasteiger partial charge in [0.1, 0.15) is 0 Å². The Balaban J connectivity index is 2.45. The van der Waals surface area contributed by atoms with E-state index in [1.54, 1.807) is 7.11 Å². The fourth-order valence-electron chi connectivity index (χ4n) is 1.57. The minimum atomic E-state index is 0.603. The van der Waals surface area contributed by atoms with Gasteiger partial charge in [-0.1, -0.05) is 26.0 Å². The molecule has 0 spiro atoms. The Hall–Kier alpha value is -1.13. The molecule has 0 saturated heterocycles. The quantitative estimate of drug-likeness (QED) is 0.612. The number of ether oxygens (including phenoxy) is 1. The molecule has 0 amide bonds. The van der Waals surface area contributed by atoms with E-state index in [1.807, 2.05) is 0 Å². The average Bonchev–Trinajstić information content (AvgIpc) is 2.39. The first-order valence-corrected chi connectivity index (χ1v) is 6.72. The third kappa shape index (κ3) is 5.02. The highest BCUT2D eigenvalue weighted by Gasteiger charge is 2.02. The van der Waals surface area contributed by atoms with Crippen molar-refractivity contribution in [2.45, 2.75) is 26.2 Å². The van der Waals surface area contributed by atoms with Gasteiger partial charge in [0.2, 0.25) is 0 Å². The van der Waals surface area contributed by atoms with Gasteiger partial charge in [-0.05, 0) is 42.3 Å². The van der Waals surface area contributed by atoms with E-state index in [4.69, 9.17) is 17.0 Å². The summed E-state index contributed by atoms with van der Waals surface area (Å²) in [6.07, 6.45) is 1.16. The Bertz CT molecular complexity index is 365. The van der Waals surface area contributed by atoms with Crippen molar-refractivity contribution < 1.29 is 4.74 Å². The lowest BCUT2D eigenvalue weighted by molar-refractivity contribution is 0.204. The fourth-order valence-corrected chi connectivity index (χ4v) is 1.79. The zero-order valence-electron chi connectivity index (χ0n) is 11.3. The maximum absolute atomic E-state index is 5.18. The second-order valence-electron chi connectivity index (χ2n) is 4.31. The summed E-state index contributed by atoms with van der Waals surface area (Å²) in [7, 11) is 1.67. The van der Waals surface area contributed by atoms with Crippen LogP contribution in [0.1, 0.15) is 31.7 Å². The van der Waals surface area contributed by atoms with E-state index in [0.717, 1.165) is 12.1 Å². The number of thiocarbonyl (C=S) groups is 1. The van der Waals surface area contributed by atoms with Crippen molar-refractivity contribution in [1.29, 1.82) is 0 Å². The molecule has 0 aromatic heterocycles. The second-order valence-corrected chi connectivity index (χ2v) is 4.71. The van der Waals surface area contributed by atoms with Crippen molar-refractivity contribution >= 4 is 23.0 Å². The Morgan fingerprint density at radius 2 is 2.00 bits per heavy atom. The SMILES string of the molecule is CC[C@H](C)c1ccc(NC(=S)NCCOC)cc1. The molecule has 0 bridgehead atoms. The van der Waals surface area contributed by atoms with E-state index >= 15 is 0 Å². The van der Waals surface area contributed by atoms with E-state index in [0.29, 0.717) is 24.2 Å². The zero-order chi connectivity index (χ0) is 13.4. The molecule has 2 N–H and O–H groups in total. The van der Waals surface area contributed by atoms with Gasteiger partial charge < -0.3 is 15.4 Å². The highest BCUT2D eigenvalue weighted by Crippen LogP contribution is 2.20. The molecular formula is C14H22N2OS. The lowest BCUT2D eigenvalue weighted by Gasteiger charge is -2.12. The first-order valence-electron chi connectivity index (χ1n) is 6.31. The molecule has 0 fully saturated rings. The van der Waals surface area contributed by atoms with Gasteiger partial charge in [-0.15, -0.1) is 0 Å². The molecular weight excluding hydrogens is 244 g/mol. The first-order chi connectivity index (χ1) is 8.67. The molecule has 0 unspecified atom stereocenters. The largest absolute Gasteiger partial charge is 0.383 e. The van der Waals surface area contributed by atoms with Crippen LogP contribution in [0.2, 0.25) is 0 Å². The van der Waals surface area contributed by atoms with Crippen molar-refractivity contribution in [2.24, 2.45) is 0 Å². The minimum absolute atomic E-state index is 0.603. The van der Waals surface area contributed by atoms with E-state index in [2.05, 4.69) is 48.7 Å². The van der Waals surface area contributed by atoms with Gasteiger partial charge in [0.15, 0.2) is 5.11 Å². The van der Waals surface area contributed by atoms with Gasteiger partial charge in [-0.25, -0.2) is 0 Å². The Labute approximate surface area is 115 Å². The second kappa shape index (κ2) is 8.06. The summed E-state index contributed by atoms with van der Waals surface area (Å²) in [5, 5.41) is 6.85. The van der Waals surface area contributed by atoms with Crippen molar-refractivity contribution in [3.05, 3.63) is 29.8 Å². The Morgan fingerprint density at radius 3 is 2.56 bits per heavy atom. The molecule has 3 nitrogen and oxygen atoms in total. The summed E-state index contributed by atoms with van der Waals surface area (Å²) < 4.78 is 4.95. The van der Waals surface area contributed by atoms with Crippen molar-refractivity contribution in [3.63, 3.8) is 0 Å². The topological polar surface area (TPSA) is 33.3 Å². The van der Waals surface area contributed by atoms with E-state index < -0.39 is 0 Å². The van der Waals surface area contributed by atoms with Gasteiger partial charge >= 0.3 is 0 Å². The van der Waals surface area contributed by atoms with Crippen LogP contribution in [-0.2, 0) is 4.74 Å². The maximum atomic E-state index is 5.18. The minimum Gasteiger partial charge on any atom is -0.383 e. The molecule has 0 aliphatic heterocycles. The summed E-state index contributed by atoms with van der Waals surface area (Å²) in [6.45, 7) is 5.80. The molecule has 0 heterocycles. The third-order valence-corrected chi connectivity index (χ3v) is 3.19. The van der Waals surface area contributed by atoms with Crippen LogP contribution in [0.25, 0.3) is 0 Å². The van der Waals surface area contributed by atoms with Crippen LogP contribution < -0.4 is 10.6 Å². The van der Waals surface area contributed by atoms with Crippen LogP contribution in [-0.4, -0.2) is 25.4 Å². The fraction of sp³-hybridized carbons (Fsp3) is 0.500. The van der Waals surface area contributed by atoms with Gasteiger partial charge in [-0.2, -0.15) is 0 Å². The predicted molar refractivity (Wildman–Crippen MR) is 81.2 cm³/mol. The highest BCUT2D eigenvalue weighted by molar-refractivity contribution is 7.80. The molecule has 1 rings (SSSR count). The summed E-state index contributed by atoms with van der Waals surface area (Å²) in [4.78, 5) is 0. The molecule has 0 aliphatic rings. The molecule has 100 valence electrons. The smallest absolute Gasteiger partial charge is 0.170 e. The summed E-state index contributed by atoms with van der Waals surface area (Å²) in [5.74, 6) is 0.603. The molecule has 0 radical (unpaired) electrons. The normalized spacial score (nSPS) is 11.9. The first kappa shape index (κ1) is 14.9. The van der Waals surface area contributed by atoms with Gasteiger partial charge in [-0.3, -0.25) is 0 Å². The Kier molecular flexibility index (Phi) is 6.68. The molecule has 1 aromatic rings. The molecule has 1 atom stereocenters. The standard InChI is InChI=1S/C14H22N2OS/c1-4-11(2)12-5-7-13(8-6-12)16-14(18)15-9-10-17-3/h5-8,11H,4,9-10H2,1-3H3,(H2,15,16,18)/t11-/m0/s1.